The zero-order valence-corrected chi connectivity index (χ0v) is 9.20. The molecule has 2 unspecified atom stereocenters. The van der Waals surface area contributed by atoms with Gasteiger partial charge >= 0.3 is 0 Å². The summed E-state index contributed by atoms with van der Waals surface area (Å²) < 4.78 is 2.01. The molecule has 4 heteroatoms. The van der Waals surface area contributed by atoms with Gasteiger partial charge in [-0.25, -0.2) is 4.98 Å². The maximum absolute atomic E-state index is 5.57. The molecule has 0 radical (unpaired) electrons. The number of nitrogens with two attached hydrogens (primary N) is 1. The number of hydrogen-bond acceptors (Lipinski definition) is 3. The molecule has 0 fully saturated rings. The quantitative estimate of drug-likeness (QED) is 0.552. The summed E-state index contributed by atoms with van der Waals surface area (Å²) in [6.45, 7) is 4.40. The highest BCUT2D eigenvalue weighted by atomic mass is 15.3. The highest BCUT2D eigenvalue weighted by molar-refractivity contribution is 5.05. The smallest absolute Gasteiger partial charge is 0.0946 e. The maximum Gasteiger partial charge on any atom is 0.0946 e. The van der Waals surface area contributed by atoms with Gasteiger partial charge in [0.05, 0.1) is 18.1 Å². The average molecular weight is 196 g/mol. The van der Waals surface area contributed by atoms with Crippen molar-refractivity contribution < 1.29 is 0 Å². The first-order chi connectivity index (χ1) is 6.70. The van der Waals surface area contributed by atoms with Gasteiger partial charge in [0.15, 0.2) is 0 Å². The van der Waals surface area contributed by atoms with Gasteiger partial charge in [0, 0.05) is 13.2 Å². The van der Waals surface area contributed by atoms with E-state index in [2.05, 4.69) is 24.3 Å². The molecule has 4 nitrogen and oxygen atoms in total. The number of hydrogen-bond donors (Lipinski definition) is 2. The van der Waals surface area contributed by atoms with Crippen LogP contribution in [0.4, 0.5) is 0 Å². The summed E-state index contributed by atoms with van der Waals surface area (Å²) in [5.74, 6) is 6.10. The predicted octanol–water partition coefficient (Wildman–Crippen LogP) is 1.36. The van der Waals surface area contributed by atoms with Gasteiger partial charge in [-0.05, 0) is 12.3 Å². The molecular formula is C10H20N4. The van der Waals surface area contributed by atoms with Crippen LogP contribution in [-0.4, -0.2) is 9.55 Å². The van der Waals surface area contributed by atoms with Gasteiger partial charge in [0.1, 0.15) is 0 Å². The van der Waals surface area contributed by atoms with Gasteiger partial charge in [-0.15, -0.1) is 0 Å². The molecule has 1 rings (SSSR count). The zero-order chi connectivity index (χ0) is 10.6. The lowest BCUT2D eigenvalue weighted by atomic mass is 9.95. The van der Waals surface area contributed by atoms with Crippen LogP contribution in [0.15, 0.2) is 12.5 Å². The summed E-state index contributed by atoms with van der Waals surface area (Å²) in [6.07, 6.45) is 6.02. The minimum atomic E-state index is 0.197. The van der Waals surface area contributed by atoms with E-state index in [1.165, 1.54) is 12.8 Å². The number of hydrazine groups is 1. The second kappa shape index (κ2) is 5.12. The lowest BCUT2D eigenvalue weighted by Crippen LogP contribution is -2.33. The highest BCUT2D eigenvalue weighted by Crippen LogP contribution is 2.23. The normalized spacial score (nSPS) is 15.4. The van der Waals surface area contributed by atoms with Crippen LogP contribution in [0, 0.1) is 5.92 Å². The zero-order valence-electron chi connectivity index (χ0n) is 9.20. The van der Waals surface area contributed by atoms with Crippen molar-refractivity contribution in [3.63, 3.8) is 0 Å². The third-order valence-corrected chi connectivity index (χ3v) is 2.67. The summed E-state index contributed by atoms with van der Waals surface area (Å²) in [5.41, 5.74) is 4.02. The first kappa shape index (κ1) is 11.2. The largest absolute Gasteiger partial charge is 0.336 e. The molecular weight excluding hydrogens is 176 g/mol. The van der Waals surface area contributed by atoms with E-state index >= 15 is 0 Å². The van der Waals surface area contributed by atoms with E-state index in [4.69, 9.17) is 5.84 Å². The van der Waals surface area contributed by atoms with Gasteiger partial charge in [0.2, 0.25) is 0 Å². The molecule has 0 aliphatic heterocycles. The second-order valence-corrected chi connectivity index (χ2v) is 3.84. The summed E-state index contributed by atoms with van der Waals surface area (Å²) in [5, 5.41) is 0. The summed E-state index contributed by atoms with van der Waals surface area (Å²) in [4.78, 5) is 4.10. The SMILES string of the molecule is CCCC(C)C(NN)c1cncn1C. The molecule has 80 valence electrons. The van der Waals surface area contributed by atoms with Crippen LogP contribution in [0.1, 0.15) is 38.4 Å². The van der Waals surface area contributed by atoms with E-state index in [9.17, 15) is 0 Å². The Morgan fingerprint density at radius 2 is 2.36 bits per heavy atom. The molecule has 0 saturated heterocycles. The fraction of sp³-hybridized carbons (Fsp3) is 0.700. The number of rotatable bonds is 5. The topological polar surface area (TPSA) is 55.9 Å². The van der Waals surface area contributed by atoms with E-state index in [1.807, 2.05) is 17.8 Å². The van der Waals surface area contributed by atoms with E-state index in [0.29, 0.717) is 5.92 Å². The van der Waals surface area contributed by atoms with Gasteiger partial charge in [-0.3, -0.25) is 11.3 Å². The summed E-state index contributed by atoms with van der Waals surface area (Å²) in [6, 6.07) is 0.197. The monoisotopic (exact) mass is 196 g/mol. The van der Waals surface area contributed by atoms with Crippen molar-refractivity contribution in [2.75, 3.05) is 0 Å². The van der Waals surface area contributed by atoms with Crippen LogP contribution in [-0.2, 0) is 7.05 Å². The summed E-state index contributed by atoms with van der Waals surface area (Å²) >= 11 is 0. The fourth-order valence-corrected chi connectivity index (χ4v) is 1.83. The maximum atomic E-state index is 5.57. The standard InChI is InChI=1S/C10H20N4/c1-4-5-8(2)10(13-11)9-6-12-7-14(9)3/h6-8,10,13H,4-5,11H2,1-3H3. The van der Waals surface area contributed by atoms with Crippen molar-refractivity contribution in [2.45, 2.75) is 32.7 Å². The summed E-state index contributed by atoms with van der Waals surface area (Å²) in [7, 11) is 1.99. The first-order valence-corrected chi connectivity index (χ1v) is 5.13. The van der Waals surface area contributed by atoms with Crippen molar-refractivity contribution in [1.29, 1.82) is 0 Å². The Hall–Kier alpha value is -0.870. The van der Waals surface area contributed by atoms with Crippen molar-refractivity contribution in [3.05, 3.63) is 18.2 Å². The minimum absolute atomic E-state index is 0.197. The lowest BCUT2D eigenvalue weighted by Gasteiger charge is -2.23. The average Bonchev–Trinajstić information content (AvgIpc) is 2.54. The van der Waals surface area contributed by atoms with Gasteiger partial charge in [0.25, 0.3) is 0 Å². The number of nitrogens with zero attached hydrogens (tertiary/aromatic N) is 2. The van der Waals surface area contributed by atoms with Crippen molar-refractivity contribution in [3.8, 4) is 0 Å². The number of aryl methyl sites for hydroxylation is 1. The Balaban J connectivity index is 2.76. The molecule has 0 aliphatic carbocycles. The Morgan fingerprint density at radius 3 is 2.79 bits per heavy atom. The van der Waals surface area contributed by atoms with Crippen LogP contribution in [0.5, 0.6) is 0 Å². The Kier molecular flexibility index (Phi) is 4.10. The molecule has 1 aromatic rings. The van der Waals surface area contributed by atoms with Gasteiger partial charge < -0.3 is 4.57 Å². The molecule has 3 N–H and O–H groups in total. The van der Waals surface area contributed by atoms with E-state index in [-0.39, 0.29) is 6.04 Å². The molecule has 1 heterocycles. The fourth-order valence-electron chi connectivity index (χ4n) is 1.83. The van der Waals surface area contributed by atoms with E-state index in [1.54, 1.807) is 6.33 Å². The number of aromatic nitrogens is 2. The minimum Gasteiger partial charge on any atom is -0.336 e. The van der Waals surface area contributed by atoms with E-state index < -0.39 is 0 Å². The van der Waals surface area contributed by atoms with Crippen LogP contribution < -0.4 is 11.3 Å². The number of nitrogens with one attached hydrogen (secondary N) is 1. The van der Waals surface area contributed by atoms with Crippen molar-refractivity contribution >= 4 is 0 Å². The van der Waals surface area contributed by atoms with Crippen LogP contribution in [0.25, 0.3) is 0 Å². The second-order valence-electron chi connectivity index (χ2n) is 3.84. The van der Waals surface area contributed by atoms with Crippen LogP contribution in [0.2, 0.25) is 0 Å². The Morgan fingerprint density at radius 1 is 1.64 bits per heavy atom. The molecule has 0 spiro atoms. The highest BCUT2D eigenvalue weighted by Gasteiger charge is 2.19. The van der Waals surface area contributed by atoms with Crippen molar-refractivity contribution in [2.24, 2.45) is 18.8 Å². The van der Waals surface area contributed by atoms with E-state index in [0.717, 1.165) is 5.69 Å². The third-order valence-electron chi connectivity index (χ3n) is 2.67. The third kappa shape index (κ3) is 2.33. The van der Waals surface area contributed by atoms with Crippen molar-refractivity contribution in [1.82, 2.24) is 15.0 Å². The number of imidazole rings is 1. The Bertz CT molecular complexity index is 269. The predicted molar refractivity (Wildman–Crippen MR) is 57.3 cm³/mol. The molecule has 0 bridgehead atoms. The lowest BCUT2D eigenvalue weighted by molar-refractivity contribution is 0.355. The molecule has 0 aliphatic rings. The molecule has 0 amide bonds. The molecule has 1 aromatic heterocycles. The van der Waals surface area contributed by atoms with Gasteiger partial charge in [-0.1, -0.05) is 20.3 Å². The molecule has 0 saturated carbocycles. The van der Waals surface area contributed by atoms with Gasteiger partial charge in [-0.2, -0.15) is 0 Å². The Labute approximate surface area is 85.5 Å². The van der Waals surface area contributed by atoms with Crippen LogP contribution in [0.3, 0.4) is 0 Å². The molecule has 2 atom stereocenters. The van der Waals surface area contributed by atoms with Crippen LogP contribution >= 0.6 is 0 Å². The molecule has 0 aromatic carbocycles. The first-order valence-electron chi connectivity index (χ1n) is 5.13. The molecule has 14 heavy (non-hydrogen) atoms.